The number of rotatable bonds is 6. The molecule has 1 saturated carbocycles. The summed E-state index contributed by atoms with van der Waals surface area (Å²) in [7, 11) is 0. The van der Waals surface area contributed by atoms with Gasteiger partial charge in [-0.15, -0.1) is 11.6 Å². The topological polar surface area (TPSA) is 41.5 Å². The molecular formula is C14H20ClNO2. The zero-order valence-electron chi connectivity index (χ0n) is 10.4. The van der Waals surface area contributed by atoms with Crippen molar-refractivity contribution < 1.29 is 9.84 Å². The van der Waals surface area contributed by atoms with Gasteiger partial charge in [0.2, 0.25) is 0 Å². The van der Waals surface area contributed by atoms with Gasteiger partial charge in [0.15, 0.2) is 0 Å². The monoisotopic (exact) mass is 269 g/mol. The van der Waals surface area contributed by atoms with Crippen molar-refractivity contribution in [1.29, 1.82) is 0 Å². The molecule has 0 heterocycles. The highest BCUT2D eigenvalue weighted by atomic mass is 35.5. The SMILES string of the molecule is OC(CCl)CNc1cccc(OC2CCCC2)c1. The van der Waals surface area contributed by atoms with Crippen molar-refractivity contribution in [1.82, 2.24) is 0 Å². The molecule has 1 fully saturated rings. The lowest BCUT2D eigenvalue weighted by atomic mass is 10.2. The third-order valence-electron chi connectivity index (χ3n) is 3.16. The summed E-state index contributed by atoms with van der Waals surface area (Å²) in [4.78, 5) is 0. The van der Waals surface area contributed by atoms with Gasteiger partial charge < -0.3 is 15.2 Å². The summed E-state index contributed by atoms with van der Waals surface area (Å²) in [5, 5.41) is 12.5. The van der Waals surface area contributed by atoms with E-state index in [0.717, 1.165) is 24.3 Å². The number of aliphatic hydroxyl groups excluding tert-OH is 1. The van der Waals surface area contributed by atoms with Gasteiger partial charge in [0.25, 0.3) is 0 Å². The highest BCUT2D eigenvalue weighted by molar-refractivity contribution is 6.18. The Labute approximate surface area is 113 Å². The molecule has 0 amide bonds. The zero-order chi connectivity index (χ0) is 12.8. The number of alkyl halides is 1. The van der Waals surface area contributed by atoms with Crippen LogP contribution in [-0.2, 0) is 0 Å². The average Bonchev–Trinajstić information content (AvgIpc) is 2.89. The summed E-state index contributed by atoms with van der Waals surface area (Å²) < 4.78 is 5.92. The normalized spacial score (nSPS) is 17.7. The maximum atomic E-state index is 9.39. The fraction of sp³-hybridized carbons (Fsp3) is 0.571. The second-order valence-corrected chi connectivity index (χ2v) is 5.05. The van der Waals surface area contributed by atoms with Crippen molar-refractivity contribution in [2.75, 3.05) is 17.7 Å². The van der Waals surface area contributed by atoms with Crippen LogP contribution in [0.5, 0.6) is 5.75 Å². The number of hydrogen-bond acceptors (Lipinski definition) is 3. The van der Waals surface area contributed by atoms with Gasteiger partial charge in [0.05, 0.1) is 18.1 Å². The summed E-state index contributed by atoms with van der Waals surface area (Å²) in [6, 6.07) is 7.86. The molecule has 18 heavy (non-hydrogen) atoms. The summed E-state index contributed by atoms with van der Waals surface area (Å²) in [6.07, 6.45) is 4.69. The number of hydrogen-bond donors (Lipinski definition) is 2. The number of halogens is 1. The summed E-state index contributed by atoms with van der Waals surface area (Å²) in [6.45, 7) is 0.455. The average molecular weight is 270 g/mol. The molecule has 4 heteroatoms. The molecule has 0 spiro atoms. The first-order valence-electron chi connectivity index (χ1n) is 6.52. The molecule has 1 aromatic rings. The fourth-order valence-corrected chi connectivity index (χ4v) is 2.28. The molecule has 2 N–H and O–H groups in total. The lowest BCUT2D eigenvalue weighted by Gasteiger charge is -2.15. The predicted molar refractivity (Wildman–Crippen MR) is 74.5 cm³/mol. The molecule has 0 saturated heterocycles. The number of benzene rings is 1. The third-order valence-corrected chi connectivity index (χ3v) is 3.52. The molecule has 1 aliphatic carbocycles. The molecule has 0 bridgehead atoms. The van der Waals surface area contributed by atoms with Gasteiger partial charge in [-0.3, -0.25) is 0 Å². The Kier molecular flexibility index (Phi) is 5.14. The van der Waals surface area contributed by atoms with Crippen LogP contribution in [0.3, 0.4) is 0 Å². The van der Waals surface area contributed by atoms with Gasteiger partial charge in [-0.05, 0) is 37.8 Å². The minimum Gasteiger partial charge on any atom is -0.490 e. The fourth-order valence-electron chi connectivity index (χ4n) is 2.17. The molecule has 1 atom stereocenters. The van der Waals surface area contributed by atoms with E-state index in [4.69, 9.17) is 16.3 Å². The van der Waals surface area contributed by atoms with Crippen LogP contribution in [0.2, 0.25) is 0 Å². The Morgan fingerprint density at radius 2 is 2.17 bits per heavy atom. The molecule has 1 aromatic carbocycles. The van der Waals surface area contributed by atoms with Gasteiger partial charge >= 0.3 is 0 Å². The van der Waals surface area contributed by atoms with Crippen LogP contribution in [0.1, 0.15) is 25.7 Å². The quantitative estimate of drug-likeness (QED) is 0.780. The first-order valence-corrected chi connectivity index (χ1v) is 7.06. The van der Waals surface area contributed by atoms with Crippen molar-refractivity contribution in [2.24, 2.45) is 0 Å². The van der Waals surface area contributed by atoms with E-state index in [0.29, 0.717) is 12.6 Å². The molecule has 0 radical (unpaired) electrons. The minimum absolute atomic E-state index is 0.241. The van der Waals surface area contributed by atoms with Crippen LogP contribution in [0.15, 0.2) is 24.3 Å². The second-order valence-electron chi connectivity index (χ2n) is 4.74. The molecule has 2 rings (SSSR count). The molecule has 1 aliphatic rings. The van der Waals surface area contributed by atoms with Gasteiger partial charge in [-0.2, -0.15) is 0 Å². The summed E-state index contributed by atoms with van der Waals surface area (Å²) in [5.74, 6) is 1.14. The van der Waals surface area contributed by atoms with Gasteiger partial charge in [0, 0.05) is 18.3 Å². The maximum absolute atomic E-state index is 9.39. The third kappa shape index (κ3) is 4.07. The van der Waals surface area contributed by atoms with E-state index in [9.17, 15) is 5.11 Å². The predicted octanol–water partition coefficient (Wildman–Crippen LogP) is 3.02. The van der Waals surface area contributed by atoms with Crippen molar-refractivity contribution in [3.8, 4) is 5.75 Å². The van der Waals surface area contributed by atoms with Crippen LogP contribution < -0.4 is 10.1 Å². The number of ether oxygens (including phenoxy) is 1. The van der Waals surface area contributed by atoms with E-state index < -0.39 is 6.10 Å². The minimum atomic E-state index is -0.522. The van der Waals surface area contributed by atoms with E-state index in [1.54, 1.807) is 0 Å². The van der Waals surface area contributed by atoms with Crippen LogP contribution in [-0.4, -0.2) is 29.7 Å². The van der Waals surface area contributed by atoms with Gasteiger partial charge in [-0.1, -0.05) is 6.07 Å². The van der Waals surface area contributed by atoms with Crippen molar-refractivity contribution in [3.63, 3.8) is 0 Å². The maximum Gasteiger partial charge on any atom is 0.121 e. The lowest BCUT2D eigenvalue weighted by molar-refractivity contribution is 0.209. The Morgan fingerprint density at radius 3 is 2.89 bits per heavy atom. The molecule has 1 unspecified atom stereocenters. The Bertz CT molecular complexity index is 367. The Hall–Kier alpha value is -0.930. The highest BCUT2D eigenvalue weighted by Gasteiger charge is 2.16. The van der Waals surface area contributed by atoms with E-state index in [-0.39, 0.29) is 5.88 Å². The second kappa shape index (κ2) is 6.86. The van der Waals surface area contributed by atoms with Crippen LogP contribution in [0, 0.1) is 0 Å². The number of anilines is 1. The first kappa shape index (κ1) is 13.5. The lowest BCUT2D eigenvalue weighted by Crippen LogP contribution is -2.20. The molecule has 0 aliphatic heterocycles. The Balaban J connectivity index is 1.88. The standard InChI is InChI=1S/C14H20ClNO2/c15-9-12(17)10-16-11-4-3-7-14(8-11)18-13-5-1-2-6-13/h3-4,7-8,12-13,16-17H,1-2,5-6,9-10H2. The zero-order valence-corrected chi connectivity index (χ0v) is 11.2. The van der Waals surface area contributed by atoms with E-state index >= 15 is 0 Å². The van der Waals surface area contributed by atoms with E-state index in [1.165, 1.54) is 12.8 Å². The van der Waals surface area contributed by atoms with Crippen molar-refractivity contribution in [2.45, 2.75) is 37.9 Å². The van der Waals surface area contributed by atoms with E-state index in [1.807, 2.05) is 24.3 Å². The van der Waals surface area contributed by atoms with Crippen molar-refractivity contribution in [3.05, 3.63) is 24.3 Å². The smallest absolute Gasteiger partial charge is 0.121 e. The van der Waals surface area contributed by atoms with Crippen LogP contribution in [0.25, 0.3) is 0 Å². The van der Waals surface area contributed by atoms with Crippen LogP contribution >= 0.6 is 11.6 Å². The van der Waals surface area contributed by atoms with Gasteiger partial charge in [-0.25, -0.2) is 0 Å². The molecular weight excluding hydrogens is 250 g/mol. The molecule has 0 aromatic heterocycles. The summed E-state index contributed by atoms with van der Waals surface area (Å²) >= 11 is 5.55. The highest BCUT2D eigenvalue weighted by Crippen LogP contribution is 2.25. The molecule has 100 valence electrons. The largest absolute Gasteiger partial charge is 0.490 e. The first-order chi connectivity index (χ1) is 8.78. The molecule has 3 nitrogen and oxygen atoms in total. The summed E-state index contributed by atoms with van der Waals surface area (Å²) in [5.41, 5.74) is 0.953. The van der Waals surface area contributed by atoms with Gasteiger partial charge in [0.1, 0.15) is 5.75 Å². The van der Waals surface area contributed by atoms with Crippen LogP contribution in [0.4, 0.5) is 5.69 Å². The number of aliphatic hydroxyl groups is 1. The van der Waals surface area contributed by atoms with E-state index in [2.05, 4.69) is 5.32 Å². The Morgan fingerprint density at radius 1 is 1.39 bits per heavy atom. The van der Waals surface area contributed by atoms with Crippen molar-refractivity contribution >= 4 is 17.3 Å². The number of nitrogens with one attached hydrogen (secondary N) is 1.